The molecule has 0 amide bonds. The standard InChI is InChI=1S/C19H34O3/c1-5-7-8-9-16-10-12-17(13-11-16)14(3)18(15(4)20)19(21)22-6-2/h14,16-18H,5-13H2,1-4H3/t14?,16-,17-,18?. The fourth-order valence-electron chi connectivity index (χ4n) is 3.94. The first-order valence-electron chi connectivity index (χ1n) is 9.18. The van der Waals surface area contributed by atoms with Crippen molar-refractivity contribution in [1.29, 1.82) is 0 Å². The minimum atomic E-state index is -0.568. The first-order chi connectivity index (χ1) is 10.5. The normalized spacial score (nSPS) is 24.5. The Hall–Kier alpha value is -0.860. The van der Waals surface area contributed by atoms with Gasteiger partial charge in [0.05, 0.1) is 6.61 Å². The molecule has 0 aromatic carbocycles. The summed E-state index contributed by atoms with van der Waals surface area (Å²) in [6.07, 6.45) is 10.1. The Bertz CT molecular complexity index is 343. The Labute approximate surface area is 136 Å². The molecule has 2 unspecified atom stereocenters. The zero-order chi connectivity index (χ0) is 16.5. The maximum atomic E-state index is 12.1. The molecule has 128 valence electrons. The molecule has 0 bridgehead atoms. The van der Waals surface area contributed by atoms with E-state index in [1.807, 2.05) is 0 Å². The van der Waals surface area contributed by atoms with Crippen molar-refractivity contribution in [1.82, 2.24) is 0 Å². The second-order valence-electron chi connectivity index (χ2n) is 6.98. The van der Waals surface area contributed by atoms with Gasteiger partial charge in [0.15, 0.2) is 0 Å². The van der Waals surface area contributed by atoms with Crippen LogP contribution in [-0.4, -0.2) is 18.4 Å². The summed E-state index contributed by atoms with van der Waals surface area (Å²) in [5, 5.41) is 0. The molecule has 0 spiro atoms. The molecule has 0 heterocycles. The molecular weight excluding hydrogens is 276 g/mol. The van der Waals surface area contributed by atoms with E-state index in [-0.39, 0.29) is 17.7 Å². The zero-order valence-corrected chi connectivity index (χ0v) is 14.9. The fraction of sp³-hybridized carbons (Fsp3) is 0.895. The topological polar surface area (TPSA) is 43.4 Å². The highest BCUT2D eigenvalue weighted by Crippen LogP contribution is 2.38. The number of esters is 1. The second-order valence-corrected chi connectivity index (χ2v) is 6.98. The zero-order valence-electron chi connectivity index (χ0n) is 14.9. The van der Waals surface area contributed by atoms with Crippen molar-refractivity contribution in [3.63, 3.8) is 0 Å². The summed E-state index contributed by atoms with van der Waals surface area (Å²) in [5.74, 6) is 0.507. The average Bonchev–Trinajstić information content (AvgIpc) is 2.48. The molecule has 22 heavy (non-hydrogen) atoms. The highest BCUT2D eigenvalue weighted by Gasteiger charge is 2.36. The molecule has 3 nitrogen and oxygen atoms in total. The molecule has 0 aromatic heterocycles. The van der Waals surface area contributed by atoms with E-state index in [9.17, 15) is 9.59 Å². The van der Waals surface area contributed by atoms with E-state index < -0.39 is 5.92 Å². The summed E-state index contributed by atoms with van der Waals surface area (Å²) >= 11 is 0. The van der Waals surface area contributed by atoms with E-state index in [1.165, 1.54) is 45.4 Å². The number of carbonyl (C=O) groups is 2. The van der Waals surface area contributed by atoms with E-state index in [2.05, 4.69) is 13.8 Å². The Morgan fingerprint density at radius 3 is 2.23 bits per heavy atom. The van der Waals surface area contributed by atoms with Gasteiger partial charge in [-0.05, 0) is 44.4 Å². The van der Waals surface area contributed by atoms with Gasteiger partial charge in [-0.25, -0.2) is 0 Å². The van der Waals surface area contributed by atoms with Crippen molar-refractivity contribution in [3.8, 4) is 0 Å². The number of ether oxygens (including phenoxy) is 1. The Morgan fingerprint density at radius 1 is 1.09 bits per heavy atom. The van der Waals surface area contributed by atoms with Crippen LogP contribution in [0.1, 0.15) is 79.1 Å². The number of ketones is 1. The van der Waals surface area contributed by atoms with Gasteiger partial charge >= 0.3 is 5.97 Å². The van der Waals surface area contributed by atoms with Gasteiger partial charge in [-0.1, -0.05) is 52.4 Å². The van der Waals surface area contributed by atoms with Crippen molar-refractivity contribution in [2.24, 2.45) is 23.7 Å². The molecule has 0 aliphatic heterocycles. The number of hydrogen-bond acceptors (Lipinski definition) is 3. The third-order valence-corrected chi connectivity index (χ3v) is 5.36. The van der Waals surface area contributed by atoms with Crippen LogP contribution >= 0.6 is 0 Å². The molecule has 1 fully saturated rings. The lowest BCUT2D eigenvalue weighted by atomic mass is 9.70. The van der Waals surface area contributed by atoms with Crippen molar-refractivity contribution in [2.75, 3.05) is 6.61 Å². The first-order valence-corrected chi connectivity index (χ1v) is 9.18. The van der Waals surface area contributed by atoms with Crippen LogP contribution in [0.15, 0.2) is 0 Å². The van der Waals surface area contributed by atoms with Crippen LogP contribution in [-0.2, 0) is 14.3 Å². The van der Waals surface area contributed by atoms with Crippen molar-refractivity contribution >= 4 is 11.8 Å². The summed E-state index contributed by atoms with van der Waals surface area (Å²) in [6.45, 7) is 7.97. The summed E-state index contributed by atoms with van der Waals surface area (Å²) in [4.78, 5) is 23.9. The van der Waals surface area contributed by atoms with Crippen LogP contribution in [0.2, 0.25) is 0 Å². The van der Waals surface area contributed by atoms with E-state index in [0.29, 0.717) is 12.5 Å². The van der Waals surface area contributed by atoms with Gasteiger partial charge in [0.1, 0.15) is 11.7 Å². The van der Waals surface area contributed by atoms with E-state index in [0.717, 1.165) is 18.8 Å². The summed E-state index contributed by atoms with van der Waals surface area (Å²) in [5.41, 5.74) is 0. The van der Waals surface area contributed by atoms with Gasteiger partial charge in [0, 0.05) is 0 Å². The third-order valence-electron chi connectivity index (χ3n) is 5.36. The molecule has 0 radical (unpaired) electrons. The fourth-order valence-corrected chi connectivity index (χ4v) is 3.94. The van der Waals surface area contributed by atoms with Gasteiger partial charge in [0.2, 0.25) is 0 Å². The third kappa shape index (κ3) is 5.73. The summed E-state index contributed by atoms with van der Waals surface area (Å²) in [6, 6.07) is 0. The van der Waals surface area contributed by atoms with E-state index in [4.69, 9.17) is 4.74 Å². The molecular formula is C19H34O3. The van der Waals surface area contributed by atoms with Gasteiger partial charge in [-0.3, -0.25) is 9.59 Å². The number of Topliss-reactive ketones (excluding diaryl/α,β-unsaturated/α-hetero) is 1. The van der Waals surface area contributed by atoms with Crippen LogP contribution in [0.25, 0.3) is 0 Å². The molecule has 1 rings (SSSR count). The van der Waals surface area contributed by atoms with Crippen LogP contribution < -0.4 is 0 Å². The average molecular weight is 310 g/mol. The van der Waals surface area contributed by atoms with Crippen LogP contribution in [0.4, 0.5) is 0 Å². The lowest BCUT2D eigenvalue weighted by Crippen LogP contribution is -2.35. The minimum absolute atomic E-state index is 0.0454. The SMILES string of the molecule is CCCCC[C@H]1CC[C@H](C(C)C(C(C)=O)C(=O)OCC)CC1. The predicted molar refractivity (Wildman–Crippen MR) is 89.6 cm³/mol. The molecule has 0 aromatic rings. The molecule has 1 aliphatic rings. The maximum Gasteiger partial charge on any atom is 0.316 e. The summed E-state index contributed by atoms with van der Waals surface area (Å²) < 4.78 is 5.10. The highest BCUT2D eigenvalue weighted by atomic mass is 16.5. The van der Waals surface area contributed by atoms with Crippen molar-refractivity contribution < 1.29 is 14.3 Å². The smallest absolute Gasteiger partial charge is 0.316 e. The molecule has 0 saturated heterocycles. The molecule has 1 aliphatic carbocycles. The predicted octanol–water partition coefficient (Wildman–Crippen LogP) is 4.78. The Kier molecular flexibility index (Phi) is 8.74. The Morgan fingerprint density at radius 2 is 1.73 bits per heavy atom. The number of unbranched alkanes of at least 4 members (excludes halogenated alkanes) is 2. The molecule has 2 atom stereocenters. The van der Waals surface area contributed by atoms with Gasteiger partial charge in [-0.2, -0.15) is 0 Å². The second kappa shape index (κ2) is 10.0. The van der Waals surface area contributed by atoms with Crippen molar-refractivity contribution in [2.45, 2.75) is 79.1 Å². The largest absolute Gasteiger partial charge is 0.465 e. The number of rotatable bonds is 9. The number of carbonyl (C=O) groups excluding carboxylic acids is 2. The van der Waals surface area contributed by atoms with Crippen LogP contribution in [0.3, 0.4) is 0 Å². The van der Waals surface area contributed by atoms with Crippen molar-refractivity contribution in [3.05, 3.63) is 0 Å². The molecule has 3 heteroatoms. The lowest BCUT2D eigenvalue weighted by molar-refractivity contribution is -0.154. The van der Waals surface area contributed by atoms with Crippen LogP contribution in [0.5, 0.6) is 0 Å². The quantitative estimate of drug-likeness (QED) is 0.350. The molecule has 0 N–H and O–H groups in total. The first kappa shape index (κ1) is 19.2. The Balaban J connectivity index is 2.50. The maximum absolute atomic E-state index is 12.1. The van der Waals surface area contributed by atoms with Gasteiger partial charge in [-0.15, -0.1) is 0 Å². The lowest BCUT2D eigenvalue weighted by Gasteiger charge is -2.34. The van der Waals surface area contributed by atoms with E-state index in [1.54, 1.807) is 6.92 Å². The minimum Gasteiger partial charge on any atom is -0.465 e. The summed E-state index contributed by atoms with van der Waals surface area (Å²) in [7, 11) is 0. The number of hydrogen-bond donors (Lipinski definition) is 0. The highest BCUT2D eigenvalue weighted by molar-refractivity contribution is 5.98. The van der Waals surface area contributed by atoms with Gasteiger partial charge in [0.25, 0.3) is 0 Å². The van der Waals surface area contributed by atoms with Crippen LogP contribution in [0, 0.1) is 23.7 Å². The molecule has 1 saturated carbocycles. The monoisotopic (exact) mass is 310 g/mol. The van der Waals surface area contributed by atoms with Gasteiger partial charge < -0.3 is 4.74 Å². The van der Waals surface area contributed by atoms with E-state index >= 15 is 0 Å².